The number of amides is 1. The Hall–Kier alpha value is -3.85. The molecule has 6 nitrogen and oxygen atoms in total. The summed E-state index contributed by atoms with van der Waals surface area (Å²) < 4.78 is 30.3. The van der Waals surface area contributed by atoms with E-state index in [-0.39, 0.29) is 16.1 Å². The number of para-hydroxylation sites is 1. The van der Waals surface area contributed by atoms with E-state index in [0.717, 1.165) is 0 Å². The number of fused-ring (bicyclic) bond motifs is 1. The lowest BCUT2D eigenvalue weighted by Crippen LogP contribution is -2.21. The number of H-pyrrole nitrogens is 1. The fraction of sp³-hybridized carbons (Fsp3) is 0.0455. The summed E-state index contributed by atoms with van der Waals surface area (Å²) in [6.45, 7) is -2.92. The highest BCUT2D eigenvalue weighted by molar-refractivity contribution is 7.71. The number of benzene rings is 3. The van der Waals surface area contributed by atoms with Crippen molar-refractivity contribution in [3.8, 4) is 11.4 Å². The molecule has 0 unspecified atom stereocenters. The number of halogens is 2. The van der Waals surface area contributed by atoms with Gasteiger partial charge in [0.2, 0.25) is 0 Å². The molecule has 1 aromatic heterocycles. The average molecular weight is 439 g/mol. The first-order valence-corrected chi connectivity index (χ1v) is 9.54. The fourth-order valence-electron chi connectivity index (χ4n) is 3.09. The number of alkyl halides is 2. The van der Waals surface area contributed by atoms with Crippen LogP contribution in [-0.2, 0) is 0 Å². The summed E-state index contributed by atoms with van der Waals surface area (Å²) in [6.07, 6.45) is 0. The minimum atomic E-state index is -2.92. The number of aromatic nitrogens is 2. The Balaban J connectivity index is 1.63. The maximum Gasteiger partial charge on any atom is 0.387 e. The Morgan fingerprint density at radius 2 is 1.74 bits per heavy atom. The maximum atomic E-state index is 12.9. The van der Waals surface area contributed by atoms with Gasteiger partial charge in [0.05, 0.1) is 16.6 Å². The Morgan fingerprint density at radius 3 is 2.42 bits per heavy atom. The van der Waals surface area contributed by atoms with Gasteiger partial charge in [-0.05, 0) is 66.8 Å². The third kappa shape index (κ3) is 4.36. The SMILES string of the molecule is O=C(Nc1ccc(OC(F)F)cc1)c1ccc2c(=O)n(-c3ccccc3)c(=S)[nH]c2c1. The molecule has 0 fully saturated rings. The van der Waals surface area contributed by atoms with Crippen molar-refractivity contribution in [3.63, 3.8) is 0 Å². The van der Waals surface area contributed by atoms with Crippen molar-refractivity contribution in [3.05, 3.63) is 93.5 Å². The summed E-state index contributed by atoms with van der Waals surface area (Å²) in [5, 5.41) is 3.04. The van der Waals surface area contributed by atoms with Gasteiger partial charge in [0, 0.05) is 11.3 Å². The van der Waals surface area contributed by atoms with Crippen LogP contribution >= 0.6 is 12.2 Å². The van der Waals surface area contributed by atoms with E-state index in [1.807, 2.05) is 6.07 Å². The number of carbonyl (C=O) groups excluding carboxylic acids is 1. The van der Waals surface area contributed by atoms with Crippen molar-refractivity contribution in [2.24, 2.45) is 0 Å². The number of carbonyl (C=O) groups is 1. The highest BCUT2D eigenvalue weighted by atomic mass is 32.1. The van der Waals surface area contributed by atoms with Crippen LogP contribution in [0.4, 0.5) is 14.5 Å². The number of hydrogen-bond donors (Lipinski definition) is 2. The van der Waals surface area contributed by atoms with E-state index < -0.39 is 12.5 Å². The highest BCUT2D eigenvalue weighted by Gasteiger charge is 2.12. The highest BCUT2D eigenvalue weighted by Crippen LogP contribution is 2.19. The molecular weight excluding hydrogens is 424 g/mol. The number of rotatable bonds is 5. The Labute approximate surface area is 179 Å². The van der Waals surface area contributed by atoms with E-state index in [0.29, 0.717) is 27.8 Å². The summed E-state index contributed by atoms with van der Waals surface area (Å²) in [4.78, 5) is 28.5. The van der Waals surface area contributed by atoms with Crippen LogP contribution in [0.2, 0.25) is 0 Å². The van der Waals surface area contributed by atoms with E-state index in [1.54, 1.807) is 30.3 Å². The van der Waals surface area contributed by atoms with Crippen molar-refractivity contribution in [2.45, 2.75) is 6.61 Å². The van der Waals surface area contributed by atoms with E-state index in [4.69, 9.17) is 12.2 Å². The van der Waals surface area contributed by atoms with Crippen LogP contribution in [0.25, 0.3) is 16.6 Å². The van der Waals surface area contributed by atoms with Gasteiger partial charge >= 0.3 is 6.61 Å². The normalized spacial score (nSPS) is 10.9. The smallest absolute Gasteiger partial charge is 0.387 e. The number of ether oxygens (including phenoxy) is 1. The third-order valence-corrected chi connectivity index (χ3v) is 4.80. The van der Waals surface area contributed by atoms with Crippen molar-refractivity contribution < 1.29 is 18.3 Å². The van der Waals surface area contributed by atoms with Gasteiger partial charge in [-0.3, -0.25) is 14.2 Å². The Morgan fingerprint density at radius 1 is 1.03 bits per heavy atom. The van der Waals surface area contributed by atoms with Crippen LogP contribution in [0.5, 0.6) is 5.75 Å². The van der Waals surface area contributed by atoms with Crippen LogP contribution < -0.4 is 15.6 Å². The molecule has 4 aromatic rings. The van der Waals surface area contributed by atoms with Crippen molar-refractivity contribution in [1.82, 2.24) is 9.55 Å². The molecule has 0 radical (unpaired) electrons. The number of anilines is 1. The monoisotopic (exact) mass is 439 g/mol. The quantitative estimate of drug-likeness (QED) is 0.434. The summed E-state index contributed by atoms with van der Waals surface area (Å²) in [7, 11) is 0. The predicted molar refractivity (Wildman–Crippen MR) is 116 cm³/mol. The van der Waals surface area contributed by atoms with E-state index in [1.165, 1.54) is 41.0 Å². The molecule has 0 aliphatic heterocycles. The van der Waals surface area contributed by atoms with Gasteiger partial charge in [0.1, 0.15) is 5.75 Å². The molecule has 156 valence electrons. The molecule has 0 aliphatic rings. The molecule has 0 bridgehead atoms. The number of nitrogens with one attached hydrogen (secondary N) is 2. The zero-order valence-corrected chi connectivity index (χ0v) is 16.7. The minimum Gasteiger partial charge on any atom is -0.435 e. The summed E-state index contributed by atoms with van der Waals surface area (Å²) in [5.74, 6) is -0.447. The molecule has 0 atom stereocenters. The summed E-state index contributed by atoms with van der Waals surface area (Å²) in [6, 6.07) is 19.2. The third-order valence-electron chi connectivity index (χ3n) is 4.51. The molecule has 2 N–H and O–H groups in total. The van der Waals surface area contributed by atoms with Gasteiger partial charge < -0.3 is 15.0 Å². The van der Waals surface area contributed by atoms with E-state index in [2.05, 4.69) is 15.0 Å². The van der Waals surface area contributed by atoms with Gasteiger partial charge in [-0.2, -0.15) is 8.78 Å². The minimum absolute atomic E-state index is 0.0130. The van der Waals surface area contributed by atoms with Crippen LogP contribution in [0.3, 0.4) is 0 Å². The first-order chi connectivity index (χ1) is 14.9. The molecular formula is C22H15F2N3O3S. The van der Waals surface area contributed by atoms with Crippen molar-refractivity contribution >= 4 is 34.7 Å². The second-order valence-corrected chi connectivity index (χ2v) is 6.91. The van der Waals surface area contributed by atoms with Crippen LogP contribution in [-0.4, -0.2) is 22.1 Å². The molecule has 9 heteroatoms. The first kappa shape index (κ1) is 20.4. The van der Waals surface area contributed by atoms with Gasteiger partial charge in [0.15, 0.2) is 4.77 Å². The van der Waals surface area contributed by atoms with Crippen LogP contribution in [0.15, 0.2) is 77.6 Å². The molecule has 0 spiro atoms. The second kappa shape index (κ2) is 8.49. The maximum absolute atomic E-state index is 12.9. The van der Waals surface area contributed by atoms with Gasteiger partial charge in [-0.15, -0.1) is 0 Å². The Kier molecular flexibility index (Phi) is 5.59. The molecule has 0 aliphatic carbocycles. The van der Waals surface area contributed by atoms with Crippen molar-refractivity contribution in [1.29, 1.82) is 0 Å². The lowest BCUT2D eigenvalue weighted by molar-refractivity contribution is -0.0498. The lowest BCUT2D eigenvalue weighted by atomic mass is 10.1. The van der Waals surface area contributed by atoms with E-state index in [9.17, 15) is 18.4 Å². The van der Waals surface area contributed by atoms with Gasteiger partial charge in [-0.25, -0.2) is 0 Å². The Bertz CT molecular complexity index is 1370. The summed E-state index contributed by atoms with van der Waals surface area (Å²) >= 11 is 5.35. The van der Waals surface area contributed by atoms with Gasteiger partial charge in [0.25, 0.3) is 11.5 Å². The largest absolute Gasteiger partial charge is 0.435 e. The second-order valence-electron chi connectivity index (χ2n) is 6.52. The molecule has 31 heavy (non-hydrogen) atoms. The van der Waals surface area contributed by atoms with E-state index >= 15 is 0 Å². The van der Waals surface area contributed by atoms with Crippen LogP contribution in [0.1, 0.15) is 10.4 Å². The molecule has 1 amide bonds. The van der Waals surface area contributed by atoms with Gasteiger partial charge in [-0.1, -0.05) is 18.2 Å². The molecule has 0 saturated carbocycles. The van der Waals surface area contributed by atoms with Crippen LogP contribution in [0, 0.1) is 4.77 Å². The molecule has 4 rings (SSSR count). The molecule has 1 heterocycles. The number of aromatic amines is 1. The summed E-state index contributed by atoms with van der Waals surface area (Å²) in [5.41, 5.74) is 1.46. The topological polar surface area (TPSA) is 76.1 Å². The van der Waals surface area contributed by atoms with Crippen molar-refractivity contribution in [2.75, 3.05) is 5.32 Å². The zero-order chi connectivity index (χ0) is 22.0. The number of nitrogens with zero attached hydrogens (tertiary/aromatic N) is 1. The predicted octanol–water partition coefficient (Wildman–Crippen LogP) is 4.90. The zero-order valence-electron chi connectivity index (χ0n) is 15.8. The fourth-order valence-corrected chi connectivity index (χ4v) is 3.39. The average Bonchev–Trinajstić information content (AvgIpc) is 2.75. The standard InChI is InChI=1S/C22H15F2N3O3S/c23-21(24)30-16-9-7-14(8-10-16)25-19(28)13-6-11-17-18(12-13)26-22(31)27(20(17)29)15-4-2-1-3-5-15/h1-12,21H,(H,25,28)(H,26,31). The first-order valence-electron chi connectivity index (χ1n) is 9.13. The number of hydrogen-bond acceptors (Lipinski definition) is 4. The lowest BCUT2D eigenvalue weighted by Gasteiger charge is -2.10. The molecule has 0 saturated heterocycles. The molecule has 3 aromatic carbocycles.